The molecule has 190 valence electrons. The summed E-state index contributed by atoms with van der Waals surface area (Å²) in [5.41, 5.74) is 3.58. The summed E-state index contributed by atoms with van der Waals surface area (Å²) in [4.78, 5) is 23.5. The molecule has 36 heavy (non-hydrogen) atoms. The van der Waals surface area contributed by atoms with Gasteiger partial charge in [-0.1, -0.05) is 24.3 Å². The molecule has 1 amide bonds. The summed E-state index contributed by atoms with van der Waals surface area (Å²) < 4.78 is 11.5. The normalized spacial score (nSPS) is 18.7. The number of hydrogen-bond acceptors (Lipinski definition) is 6. The maximum absolute atomic E-state index is 12.5. The van der Waals surface area contributed by atoms with Gasteiger partial charge in [-0.05, 0) is 61.3 Å². The zero-order chi connectivity index (χ0) is 24.7. The van der Waals surface area contributed by atoms with Crippen LogP contribution in [0.15, 0.2) is 60.8 Å². The molecule has 2 fully saturated rings. The van der Waals surface area contributed by atoms with E-state index in [9.17, 15) is 4.79 Å². The lowest BCUT2D eigenvalue weighted by atomic mass is 10.1. The van der Waals surface area contributed by atoms with E-state index in [1.807, 2.05) is 17.2 Å². The van der Waals surface area contributed by atoms with E-state index < -0.39 is 0 Å². The number of rotatable bonds is 9. The van der Waals surface area contributed by atoms with Gasteiger partial charge >= 0.3 is 0 Å². The van der Waals surface area contributed by atoms with Gasteiger partial charge in [0.1, 0.15) is 18.5 Å². The van der Waals surface area contributed by atoms with E-state index in [4.69, 9.17) is 9.47 Å². The Labute approximate surface area is 213 Å². The number of amides is 1. The summed E-state index contributed by atoms with van der Waals surface area (Å²) in [6.07, 6.45) is 3.48. The van der Waals surface area contributed by atoms with E-state index in [0.717, 1.165) is 76.5 Å². The summed E-state index contributed by atoms with van der Waals surface area (Å²) in [5.74, 6) is 1.07. The van der Waals surface area contributed by atoms with Crippen LogP contribution in [0, 0.1) is 0 Å². The molecule has 0 unspecified atom stereocenters. The number of pyridine rings is 1. The van der Waals surface area contributed by atoms with Crippen molar-refractivity contribution in [1.82, 2.24) is 19.7 Å². The van der Waals surface area contributed by atoms with Crippen LogP contribution < -0.4 is 4.74 Å². The molecule has 7 nitrogen and oxygen atoms in total. The second-order valence-electron chi connectivity index (χ2n) is 9.86. The van der Waals surface area contributed by atoms with Crippen molar-refractivity contribution >= 4 is 16.8 Å². The molecule has 7 heteroatoms. The summed E-state index contributed by atoms with van der Waals surface area (Å²) in [7, 11) is 2.14. The third kappa shape index (κ3) is 6.40. The fraction of sp³-hybridized carbons (Fsp3) is 0.448. The molecule has 0 radical (unpaired) electrons. The molecule has 5 rings (SSSR count). The number of benzene rings is 2. The van der Waals surface area contributed by atoms with Gasteiger partial charge in [-0.25, -0.2) is 0 Å². The number of ether oxygens (including phenoxy) is 2. The average molecular weight is 489 g/mol. The van der Waals surface area contributed by atoms with Crippen molar-refractivity contribution in [2.24, 2.45) is 0 Å². The summed E-state index contributed by atoms with van der Waals surface area (Å²) >= 11 is 0. The summed E-state index contributed by atoms with van der Waals surface area (Å²) in [6.45, 7) is 7.32. The third-order valence-corrected chi connectivity index (χ3v) is 7.06. The number of carbonyl (C=O) groups excluding carboxylic acids is 1. The molecule has 3 aromatic rings. The van der Waals surface area contributed by atoms with Crippen LogP contribution in [0.1, 0.15) is 24.0 Å². The van der Waals surface area contributed by atoms with Crippen LogP contribution in [0.5, 0.6) is 5.75 Å². The number of carbonyl (C=O) groups is 1. The average Bonchev–Trinajstić information content (AvgIpc) is 3.45. The first kappa shape index (κ1) is 24.7. The number of fused-ring (bicyclic) bond motifs is 1. The highest BCUT2D eigenvalue weighted by molar-refractivity contribution is 5.81. The van der Waals surface area contributed by atoms with Gasteiger partial charge in [0, 0.05) is 64.0 Å². The van der Waals surface area contributed by atoms with E-state index in [-0.39, 0.29) is 12.0 Å². The molecule has 2 aromatic carbocycles. The Hall–Kier alpha value is -3.00. The topological polar surface area (TPSA) is 58.1 Å². The van der Waals surface area contributed by atoms with E-state index in [2.05, 4.69) is 70.4 Å². The van der Waals surface area contributed by atoms with Gasteiger partial charge in [0.05, 0.1) is 5.52 Å². The Balaban J connectivity index is 1.02. The Kier molecular flexibility index (Phi) is 8.11. The molecule has 2 aliphatic heterocycles. The molecule has 0 bridgehead atoms. The van der Waals surface area contributed by atoms with Crippen LogP contribution in [0.25, 0.3) is 10.9 Å². The van der Waals surface area contributed by atoms with Crippen LogP contribution in [0.4, 0.5) is 0 Å². The highest BCUT2D eigenvalue weighted by Gasteiger charge is 2.30. The number of aromatic nitrogens is 1. The quantitative estimate of drug-likeness (QED) is 0.459. The predicted molar refractivity (Wildman–Crippen MR) is 141 cm³/mol. The highest BCUT2D eigenvalue weighted by Crippen LogP contribution is 2.18. The summed E-state index contributed by atoms with van der Waals surface area (Å²) in [5, 5.41) is 1.18. The molecule has 1 atom stereocenters. The number of piperazine rings is 1. The van der Waals surface area contributed by atoms with Crippen LogP contribution in [-0.4, -0.2) is 84.7 Å². The van der Waals surface area contributed by atoms with Crippen molar-refractivity contribution in [1.29, 1.82) is 0 Å². The minimum absolute atomic E-state index is 0.170. The van der Waals surface area contributed by atoms with Crippen LogP contribution in [-0.2, 0) is 22.6 Å². The Morgan fingerprint density at radius 3 is 2.61 bits per heavy atom. The van der Waals surface area contributed by atoms with Gasteiger partial charge < -0.3 is 14.4 Å². The second kappa shape index (κ2) is 11.8. The molecule has 1 aromatic heterocycles. The van der Waals surface area contributed by atoms with Gasteiger partial charge in [-0.15, -0.1) is 0 Å². The first-order valence-electron chi connectivity index (χ1n) is 13.0. The van der Waals surface area contributed by atoms with Crippen molar-refractivity contribution in [3.05, 3.63) is 71.9 Å². The Morgan fingerprint density at radius 1 is 1.06 bits per heavy atom. The van der Waals surface area contributed by atoms with E-state index >= 15 is 0 Å². The van der Waals surface area contributed by atoms with Gasteiger partial charge in [0.2, 0.25) is 0 Å². The van der Waals surface area contributed by atoms with Gasteiger partial charge in [-0.3, -0.25) is 19.6 Å². The van der Waals surface area contributed by atoms with Gasteiger partial charge in [-0.2, -0.15) is 0 Å². The van der Waals surface area contributed by atoms with Crippen LogP contribution in [0.3, 0.4) is 0 Å². The first-order valence-corrected chi connectivity index (χ1v) is 13.0. The van der Waals surface area contributed by atoms with Crippen molar-refractivity contribution in [2.45, 2.75) is 32.0 Å². The molecule has 0 N–H and O–H groups in total. The largest absolute Gasteiger partial charge is 0.492 e. The van der Waals surface area contributed by atoms with E-state index in [0.29, 0.717) is 6.61 Å². The number of hydrogen-bond donors (Lipinski definition) is 0. The van der Waals surface area contributed by atoms with Crippen molar-refractivity contribution in [3.63, 3.8) is 0 Å². The predicted octanol–water partition coefficient (Wildman–Crippen LogP) is 3.57. The maximum Gasteiger partial charge on any atom is 0.251 e. The fourth-order valence-corrected chi connectivity index (χ4v) is 5.05. The fourth-order valence-electron chi connectivity index (χ4n) is 5.05. The molecule has 3 heterocycles. The molecule has 0 spiro atoms. The second-order valence-corrected chi connectivity index (χ2v) is 9.86. The Morgan fingerprint density at radius 2 is 1.83 bits per heavy atom. The lowest BCUT2D eigenvalue weighted by Crippen LogP contribution is -2.52. The Bertz CT molecular complexity index is 1140. The van der Waals surface area contributed by atoms with Gasteiger partial charge in [0.25, 0.3) is 5.91 Å². The van der Waals surface area contributed by atoms with Crippen molar-refractivity contribution in [2.75, 3.05) is 53.0 Å². The minimum Gasteiger partial charge on any atom is -0.492 e. The lowest BCUT2D eigenvalue weighted by molar-refractivity contribution is -0.142. The molecule has 0 saturated carbocycles. The monoisotopic (exact) mass is 488 g/mol. The number of nitrogens with zero attached hydrogens (tertiary/aromatic N) is 4. The maximum atomic E-state index is 12.5. The molecular formula is C29H36N4O3. The SMILES string of the molecule is CN(Cc1ccc(OCCN2CCN(C(=O)[C@H]3CCCO3)CC2)cc1)Cc1ccc2ncccc2c1. The van der Waals surface area contributed by atoms with E-state index in [1.165, 1.54) is 16.5 Å². The molecular weight excluding hydrogens is 452 g/mol. The van der Waals surface area contributed by atoms with Crippen molar-refractivity contribution < 1.29 is 14.3 Å². The zero-order valence-corrected chi connectivity index (χ0v) is 21.1. The zero-order valence-electron chi connectivity index (χ0n) is 21.1. The third-order valence-electron chi connectivity index (χ3n) is 7.06. The van der Waals surface area contributed by atoms with E-state index in [1.54, 1.807) is 0 Å². The highest BCUT2D eigenvalue weighted by atomic mass is 16.5. The molecule has 0 aliphatic carbocycles. The molecule has 2 aliphatic rings. The van der Waals surface area contributed by atoms with Crippen LogP contribution >= 0.6 is 0 Å². The smallest absolute Gasteiger partial charge is 0.251 e. The summed E-state index contributed by atoms with van der Waals surface area (Å²) in [6, 6.07) is 19.0. The minimum atomic E-state index is -0.209. The van der Waals surface area contributed by atoms with Crippen molar-refractivity contribution in [3.8, 4) is 5.75 Å². The standard InChI is InChI=1S/C29H36N4O3/c1-31(22-24-8-11-27-25(20-24)4-2-12-30-27)21-23-6-9-26(10-7-23)35-19-17-32-13-15-33(16-14-32)29(34)28-5-3-18-36-28/h2,4,6-12,20,28H,3,5,13-19,21-22H2,1H3/t28-/m1/s1. The first-order chi connectivity index (χ1) is 17.6. The lowest BCUT2D eigenvalue weighted by Gasteiger charge is -2.35. The molecule has 2 saturated heterocycles. The van der Waals surface area contributed by atoms with Gasteiger partial charge in [0.15, 0.2) is 0 Å². The van der Waals surface area contributed by atoms with Crippen LogP contribution in [0.2, 0.25) is 0 Å².